The number of benzene rings is 2. The van der Waals surface area contributed by atoms with E-state index in [1.165, 1.54) is 47.1 Å². The van der Waals surface area contributed by atoms with Crippen molar-refractivity contribution in [3.63, 3.8) is 0 Å². The number of aryl methyl sites for hydroxylation is 1. The third-order valence-electron chi connectivity index (χ3n) is 4.68. The van der Waals surface area contributed by atoms with Crippen LogP contribution in [0.2, 0.25) is 0 Å². The minimum Gasteiger partial charge on any atom is -0.495 e. The molecule has 0 fully saturated rings. The molecule has 0 N–H and O–H groups in total. The maximum atomic E-state index is 5.63. The Morgan fingerprint density at radius 2 is 1.64 bits per heavy atom. The second-order valence-corrected chi connectivity index (χ2v) is 6.92. The molecule has 0 heterocycles. The monoisotopic (exact) mass is 358 g/mol. The Balaban J connectivity index is 1.97. The molecule has 0 unspecified atom stereocenters. The van der Waals surface area contributed by atoms with Gasteiger partial charge in [-0.3, -0.25) is 0 Å². The zero-order chi connectivity index (χ0) is 15.5. The summed E-state index contributed by atoms with van der Waals surface area (Å²) in [6, 6.07) is 11.3. The number of methoxy groups -OCH3 is 1. The zero-order valence-electron chi connectivity index (χ0n) is 13.4. The molecule has 1 aliphatic rings. The van der Waals surface area contributed by atoms with Crippen molar-refractivity contribution in [1.82, 2.24) is 0 Å². The van der Waals surface area contributed by atoms with E-state index in [9.17, 15) is 0 Å². The lowest BCUT2D eigenvalue weighted by Crippen LogP contribution is -2.09. The number of ether oxygens (including phenoxy) is 1. The number of fused-ring (bicyclic) bond motifs is 1. The Morgan fingerprint density at radius 3 is 2.27 bits per heavy atom. The van der Waals surface area contributed by atoms with E-state index in [4.69, 9.17) is 4.74 Å². The van der Waals surface area contributed by atoms with E-state index in [0.717, 1.165) is 29.5 Å². The Kier molecular flexibility index (Phi) is 4.87. The van der Waals surface area contributed by atoms with Crippen molar-refractivity contribution in [1.29, 1.82) is 0 Å². The van der Waals surface area contributed by atoms with E-state index in [1.807, 2.05) is 0 Å². The van der Waals surface area contributed by atoms with Crippen LogP contribution in [0.15, 0.2) is 34.8 Å². The van der Waals surface area contributed by atoms with Crippen molar-refractivity contribution in [3.8, 4) is 5.75 Å². The zero-order valence-corrected chi connectivity index (χ0v) is 15.0. The molecule has 0 saturated carbocycles. The fraction of sp³-hybridized carbons (Fsp3) is 0.400. The van der Waals surface area contributed by atoms with Crippen LogP contribution in [0.25, 0.3) is 0 Å². The molecule has 116 valence electrons. The summed E-state index contributed by atoms with van der Waals surface area (Å²) >= 11 is 3.70. The lowest BCUT2D eigenvalue weighted by Gasteiger charge is -2.23. The fourth-order valence-corrected chi connectivity index (χ4v) is 4.13. The van der Waals surface area contributed by atoms with Crippen molar-refractivity contribution >= 4 is 15.9 Å². The molecule has 1 aliphatic carbocycles. The van der Waals surface area contributed by atoms with Crippen LogP contribution in [-0.4, -0.2) is 7.11 Å². The molecule has 0 aliphatic heterocycles. The number of rotatable bonds is 4. The first kappa shape index (κ1) is 15.6. The van der Waals surface area contributed by atoms with E-state index >= 15 is 0 Å². The van der Waals surface area contributed by atoms with Gasteiger partial charge in [-0.25, -0.2) is 0 Å². The van der Waals surface area contributed by atoms with Gasteiger partial charge in [0.25, 0.3) is 0 Å². The highest BCUT2D eigenvalue weighted by Crippen LogP contribution is 2.38. The molecular weight excluding hydrogens is 336 g/mol. The molecule has 22 heavy (non-hydrogen) atoms. The molecule has 2 heteroatoms. The minimum atomic E-state index is 1.01. The van der Waals surface area contributed by atoms with Gasteiger partial charge in [-0.1, -0.05) is 31.2 Å². The summed E-state index contributed by atoms with van der Waals surface area (Å²) in [7, 11) is 1.78. The molecule has 0 saturated heterocycles. The van der Waals surface area contributed by atoms with Gasteiger partial charge in [-0.2, -0.15) is 0 Å². The normalized spacial score (nSPS) is 13.8. The Labute approximate surface area is 141 Å². The van der Waals surface area contributed by atoms with Crippen LogP contribution in [0.3, 0.4) is 0 Å². The number of hydrogen-bond acceptors (Lipinski definition) is 1. The van der Waals surface area contributed by atoms with Crippen molar-refractivity contribution < 1.29 is 4.74 Å². The first-order valence-corrected chi connectivity index (χ1v) is 8.97. The van der Waals surface area contributed by atoms with E-state index in [1.54, 1.807) is 7.11 Å². The molecule has 0 amide bonds. The van der Waals surface area contributed by atoms with Crippen LogP contribution in [0, 0.1) is 0 Å². The maximum absolute atomic E-state index is 5.63. The number of hydrogen-bond donors (Lipinski definition) is 0. The van der Waals surface area contributed by atoms with Crippen LogP contribution < -0.4 is 4.74 Å². The van der Waals surface area contributed by atoms with E-state index in [2.05, 4.69) is 53.2 Å². The molecule has 3 rings (SSSR count). The van der Waals surface area contributed by atoms with Crippen LogP contribution in [0.5, 0.6) is 5.75 Å². The summed E-state index contributed by atoms with van der Waals surface area (Å²) in [5.74, 6) is 1.04. The highest BCUT2D eigenvalue weighted by atomic mass is 79.9. The standard InChI is InChI=1S/C20H23BrO/c1-3-14-8-10-15(11-9-14)12-16-13-19(21)20(22-2)18-7-5-4-6-17(16)18/h8-11,13H,3-7,12H2,1-2H3. The summed E-state index contributed by atoms with van der Waals surface area (Å²) in [6.07, 6.45) is 6.99. The molecule has 2 aromatic carbocycles. The maximum Gasteiger partial charge on any atom is 0.136 e. The van der Waals surface area contributed by atoms with E-state index in [-0.39, 0.29) is 0 Å². The van der Waals surface area contributed by atoms with Crippen LogP contribution >= 0.6 is 15.9 Å². The molecule has 0 bridgehead atoms. The molecule has 0 spiro atoms. The van der Waals surface area contributed by atoms with E-state index < -0.39 is 0 Å². The van der Waals surface area contributed by atoms with Crippen molar-refractivity contribution in [2.45, 2.75) is 45.4 Å². The predicted octanol–water partition coefficient (Wildman–Crippen LogP) is 5.49. The third kappa shape index (κ3) is 3.08. The molecule has 1 nitrogen and oxygen atoms in total. The summed E-state index contributed by atoms with van der Waals surface area (Å²) in [5, 5.41) is 0. The van der Waals surface area contributed by atoms with Gasteiger partial charge in [0.1, 0.15) is 5.75 Å². The first-order chi connectivity index (χ1) is 10.7. The van der Waals surface area contributed by atoms with E-state index in [0.29, 0.717) is 0 Å². The largest absolute Gasteiger partial charge is 0.495 e. The summed E-state index contributed by atoms with van der Waals surface area (Å²) in [4.78, 5) is 0. The summed E-state index contributed by atoms with van der Waals surface area (Å²) < 4.78 is 6.73. The predicted molar refractivity (Wildman–Crippen MR) is 96.0 cm³/mol. The third-order valence-corrected chi connectivity index (χ3v) is 5.27. The topological polar surface area (TPSA) is 9.23 Å². The van der Waals surface area contributed by atoms with Gasteiger partial charge < -0.3 is 4.74 Å². The molecule has 0 atom stereocenters. The van der Waals surface area contributed by atoms with Crippen molar-refractivity contribution in [3.05, 3.63) is 62.6 Å². The average Bonchev–Trinajstić information content (AvgIpc) is 2.56. The van der Waals surface area contributed by atoms with Crippen molar-refractivity contribution in [2.24, 2.45) is 0 Å². The van der Waals surface area contributed by atoms with Gasteiger partial charge in [-0.05, 0) is 88.3 Å². The van der Waals surface area contributed by atoms with Gasteiger partial charge in [0.2, 0.25) is 0 Å². The smallest absolute Gasteiger partial charge is 0.136 e. The molecular formula is C20H23BrO. The molecule has 0 aromatic heterocycles. The van der Waals surface area contributed by atoms with Crippen molar-refractivity contribution in [2.75, 3.05) is 7.11 Å². The second kappa shape index (κ2) is 6.87. The minimum absolute atomic E-state index is 1.01. The summed E-state index contributed by atoms with van der Waals surface area (Å²) in [6.45, 7) is 2.20. The van der Waals surface area contributed by atoms with Crippen LogP contribution in [0.1, 0.15) is 47.6 Å². The van der Waals surface area contributed by atoms with Gasteiger partial charge in [0, 0.05) is 0 Å². The lowest BCUT2D eigenvalue weighted by molar-refractivity contribution is 0.403. The van der Waals surface area contributed by atoms with Gasteiger partial charge in [0.05, 0.1) is 11.6 Å². The second-order valence-electron chi connectivity index (χ2n) is 6.06. The molecule has 0 radical (unpaired) electrons. The number of halogens is 1. The van der Waals surface area contributed by atoms with Crippen LogP contribution in [0.4, 0.5) is 0 Å². The quantitative estimate of drug-likeness (QED) is 0.701. The highest BCUT2D eigenvalue weighted by molar-refractivity contribution is 9.10. The van der Waals surface area contributed by atoms with Gasteiger partial charge >= 0.3 is 0 Å². The Bertz CT molecular complexity index is 658. The SMILES string of the molecule is CCc1ccc(Cc2cc(Br)c(OC)c3c2CCCC3)cc1. The average molecular weight is 359 g/mol. The fourth-order valence-electron chi connectivity index (χ4n) is 3.45. The first-order valence-electron chi connectivity index (χ1n) is 8.17. The Hall–Kier alpha value is -1.28. The lowest BCUT2D eigenvalue weighted by atomic mass is 9.85. The highest BCUT2D eigenvalue weighted by Gasteiger charge is 2.20. The molecule has 2 aromatic rings. The van der Waals surface area contributed by atoms with Gasteiger partial charge in [-0.15, -0.1) is 0 Å². The van der Waals surface area contributed by atoms with Gasteiger partial charge in [0.15, 0.2) is 0 Å². The van der Waals surface area contributed by atoms with Crippen LogP contribution in [-0.2, 0) is 25.7 Å². The Morgan fingerprint density at radius 1 is 1.00 bits per heavy atom. The summed E-state index contributed by atoms with van der Waals surface area (Å²) in [5.41, 5.74) is 7.18.